The average Bonchev–Trinajstić information content (AvgIpc) is 3.07. The summed E-state index contributed by atoms with van der Waals surface area (Å²) in [7, 11) is 0. The maximum Gasteiger partial charge on any atom is 0.265 e. The molecule has 7 heteroatoms. The van der Waals surface area contributed by atoms with Gasteiger partial charge in [0.1, 0.15) is 12.4 Å². The maximum atomic E-state index is 12.4. The number of thiophene rings is 1. The molecule has 0 saturated carbocycles. The smallest absolute Gasteiger partial charge is 0.265 e. The van der Waals surface area contributed by atoms with Crippen LogP contribution in [-0.4, -0.2) is 5.91 Å². The Balaban J connectivity index is 1.65. The van der Waals surface area contributed by atoms with Crippen LogP contribution >= 0.6 is 46.1 Å². The van der Waals surface area contributed by atoms with Crippen molar-refractivity contribution in [3.05, 3.63) is 78.9 Å². The van der Waals surface area contributed by atoms with Crippen LogP contribution < -0.4 is 10.1 Å². The highest BCUT2D eigenvalue weighted by Gasteiger charge is 2.13. The maximum absolute atomic E-state index is 12.4. The van der Waals surface area contributed by atoms with E-state index in [0.717, 1.165) is 16.9 Å². The van der Waals surface area contributed by atoms with Crippen LogP contribution in [0.25, 0.3) is 0 Å². The molecule has 1 heterocycles. The van der Waals surface area contributed by atoms with Gasteiger partial charge < -0.3 is 10.1 Å². The Labute approximate surface area is 170 Å². The van der Waals surface area contributed by atoms with Crippen molar-refractivity contribution >= 4 is 57.7 Å². The Morgan fingerprint density at radius 3 is 2.73 bits per heavy atom. The summed E-state index contributed by atoms with van der Waals surface area (Å²) in [6.07, 6.45) is 0. The highest BCUT2D eigenvalue weighted by molar-refractivity contribution is 7.12. The molecular formula is C19H14Cl3NO2S. The molecule has 3 nitrogen and oxygen atoms in total. The van der Waals surface area contributed by atoms with Gasteiger partial charge in [0.2, 0.25) is 0 Å². The zero-order valence-electron chi connectivity index (χ0n) is 13.7. The third-order valence-corrected chi connectivity index (χ3v) is 5.64. The zero-order valence-corrected chi connectivity index (χ0v) is 16.8. The predicted octanol–water partition coefficient (Wildman–Crippen LogP) is 6.85. The number of hydrogen-bond acceptors (Lipinski definition) is 3. The molecule has 0 aliphatic rings. The van der Waals surface area contributed by atoms with Gasteiger partial charge in [-0.25, -0.2) is 0 Å². The first-order valence-corrected chi connectivity index (χ1v) is 9.67. The first-order chi connectivity index (χ1) is 12.4. The fourth-order valence-electron chi connectivity index (χ4n) is 2.29. The highest BCUT2D eigenvalue weighted by Crippen LogP contribution is 2.30. The minimum atomic E-state index is -0.243. The lowest BCUT2D eigenvalue weighted by molar-refractivity contribution is 0.103. The lowest BCUT2D eigenvalue weighted by Gasteiger charge is -2.08. The summed E-state index contributed by atoms with van der Waals surface area (Å²) >= 11 is 19.3. The molecule has 1 N–H and O–H groups in total. The third-order valence-electron chi connectivity index (χ3n) is 3.61. The number of nitrogens with one attached hydrogen (secondary N) is 1. The van der Waals surface area contributed by atoms with Gasteiger partial charge in [-0.15, -0.1) is 11.3 Å². The number of anilines is 1. The summed E-state index contributed by atoms with van der Waals surface area (Å²) in [6.45, 7) is 2.30. The number of amides is 1. The number of carbonyl (C=O) groups is 1. The summed E-state index contributed by atoms with van der Waals surface area (Å²) in [5.74, 6) is 0.519. The van der Waals surface area contributed by atoms with Gasteiger partial charge in [-0.3, -0.25) is 4.79 Å². The number of aryl methyl sites for hydroxylation is 1. The Hall–Kier alpha value is -1.72. The Bertz CT molecular complexity index is 956. The van der Waals surface area contributed by atoms with Gasteiger partial charge in [0.25, 0.3) is 5.91 Å². The monoisotopic (exact) mass is 425 g/mol. The van der Waals surface area contributed by atoms with Gasteiger partial charge in [-0.1, -0.05) is 40.9 Å². The molecule has 0 aliphatic heterocycles. The minimum absolute atomic E-state index is 0.243. The van der Waals surface area contributed by atoms with Crippen LogP contribution in [0.3, 0.4) is 0 Å². The lowest BCUT2D eigenvalue weighted by atomic mass is 10.2. The second-order valence-electron chi connectivity index (χ2n) is 5.57. The Morgan fingerprint density at radius 1 is 1.15 bits per heavy atom. The van der Waals surface area contributed by atoms with Gasteiger partial charge in [0.05, 0.1) is 20.6 Å². The van der Waals surface area contributed by atoms with Crippen molar-refractivity contribution in [1.29, 1.82) is 0 Å². The fourth-order valence-corrected chi connectivity index (χ4v) is 3.66. The SMILES string of the molecule is Cc1cc(Cl)ccc1OCc1csc(C(=O)Nc2cccc(Cl)c2Cl)c1. The van der Waals surface area contributed by atoms with Crippen LogP contribution in [0.1, 0.15) is 20.8 Å². The predicted molar refractivity (Wildman–Crippen MR) is 109 cm³/mol. The first-order valence-electron chi connectivity index (χ1n) is 7.66. The molecule has 3 aromatic rings. The fraction of sp³-hybridized carbons (Fsp3) is 0.105. The van der Waals surface area contributed by atoms with Crippen molar-refractivity contribution in [1.82, 2.24) is 0 Å². The van der Waals surface area contributed by atoms with Gasteiger partial charge in [0.15, 0.2) is 0 Å². The van der Waals surface area contributed by atoms with Crippen molar-refractivity contribution < 1.29 is 9.53 Å². The van der Waals surface area contributed by atoms with Crippen LogP contribution in [0, 0.1) is 6.92 Å². The molecule has 0 bridgehead atoms. The molecule has 0 unspecified atom stereocenters. The van der Waals surface area contributed by atoms with E-state index in [1.807, 2.05) is 24.4 Å². The number of benzene rings is 2. The highest BCUT2D eigenvalue weighted by atomic mass is 35.5. The van der Waals surface area contributed by atoms with Gasteiger partial charge in [-0.2, -0.15) is 0 Å². The summed E-state index contributed by atoms with van der Waals surface area (Å²) in [6, 6.07) is 12.4. The van der Waals surface area contributed by atoms with Crippen molar-refractivity contribution in [2.75, 3.05) is 5.32 Å². The van der Waals surface area contributed by atoms with Crippen LogP contribution in [-0.2, 0) is 6.61 Å². The van der Waals surface area contributed by atoms with E-state index in [4.69, 9.17) is 39.5 Å². The van der Waals surface area contributed by atoms with E-state index in [1.165, 1.54) is 11.3 Å². The van der Waals surface area contributed by atoms with E-state index >= 15 is 0 Å². The number of hydrogen-bond donors (Lipinski definition) is 1. The van der Waals surface area contributed by atoms with E-state index in [0.29, 0.717) is 32.2 Å². The van der Waals surface area contributed by atoms with E-state index in [-0.39, 0.29) is 5.91 Å². The molecular weight excluding hydrogens is 413 g/mol. The second kappa shape index (κ2) is 8.31. The molecule has 26 heavy (non-hydrogen) atoms. The first kappa shape index (κ1) is 19.1. The molecule has 0 radical (unpaired) electrons. The molecule has 0 aliphatic carbocycles. The normalized spacial score (nSPS) is 10.6. The standard InChI is InChI=1S/C19H14Cl3NO2S/c1-11-7-13(20)5-6-16(11)25-9-12-8-17(26-10-12)19(24)23-15-4-2-3-14(21)18(15)22/h2-8,10H,9H2,1H3,(H,23,24). The third kappa shape index (κ3) is 4.51. The molecule has 0 spiro atoms. The van der Waals surface area contributed by atoms with Crippen molar-refractivity contribution in [2.45, 2.75) is 13.5 Å². The largest absolute Gasteiger partial charge is 0.489 e. The second-order valence-corrected chi connectivity index (χ2v) is 7.71. The Kier molecular flexibility index (Phi) is 6.09. The summed E-state index contributed by atoms with van der Waals surface area (Å²) in [4.78, 5) is 13.0. The molecule has 0 saturated heterocycles. The molecule has 1 aromatic heterocycles. The summed E-state index contributed by atoms with van der Waals surface area (Å²) < 4.78 is 5.80. The average molecular weight is 427 g/mol. The Morgan fingerprint density at radius 2 is 1.96 bits per heavy atom. The molecule has 0 fully saturated rings. The van der Waals surface area contributed by atoms with Crippen molar-refractivity contribution in [2.24, 2.45) is 0 Å². The van der Waals surface area contributed by atoms with E-state index in [2.05, 4.69) is 5.32 Å². The summed E-state index contributed by atoms with van der Waals surface area (Å²) in [5.41, 5.74) is 2.35. The summed E-state index contributed by atoms with van der Waals surface area (Å²) in [5, 5.41) is 6.04. The van der Waals surface area contributed by atoms with Crippen LogP contribution in [0.15, 0.2) is 47.8 Å². The van der Waals surface area contributed by atoms with E-state index < -0.39 is 0 Å². The van der Waals surface area contributed by atoms with Crippen LogP contribution in [0.2, 0.25) is 15.1 Å². The van der Waals surface area contributed by atoms with Crippen molar-refractivity contribution in [3.8, 4) is 5.75 Å². The topological polar surface area (TPSA) is 38.3 Å². The lowest BCUT2D eigenvalue weighted by Crippen LogP contribution is -2.10. The van der Waals surface area contributed by atoms with E-state index in [9.17, 15) is 4.79 Å². The van der Waals surface area contributed by atoms with Gasteiger partial charge >= 0.3 is 0 Å². The van der Waals surface area contributed by atoms with Gasteiger partial charge in [0, 0.05) is 10.6 Å². The number of halogens is 3. The molecule has 0 atom stereocenters. The van der Waals surface area contributed by atoms with Crippen LogP contribution in [0.4, 0.5) is 5.69 Å². The van der Waals surface area contributed by atoms with Gasteiger partial charge in [-0.05, 0) is 54.3 Å². The van der Waals surface area contributed by atoms with Crippen molar-refractivity contribution in [3.63, 3.8) is 0 Å². The minimum Gasteiger partial charge on any atom is -0.489 e. The number of ether oxygens (including phenoxy) is 1. The zero-order chi connectivity index (χ0) is 18.7. The molecule has 2 aromatic carbocycles. The van der Waals surface area contributed by atoms with Crippen LogP contribution in [0.5, 0.6) is 5.75 Å². The quantitative estimate of drug-likeness (QED) is 0.484. The number of carbonyl (C=O) groups excluding carboxylic acids is 1. The molecule has 3 rings (SSSR count). The number of rotatable bonds is 5. The molecule has 1 amide bonds. The molecule has 134 valence electrons. The van der Waals surface area contributed by atoms with E-state index in [1.54, 1.807) is 30.3 Å².